The number of rotatable bonds is 3. The molecule has 1 atom stereocenters. The van der Waals surface area contributed by atoms with Crippen LogP contribution in [0.4, 0.5) is 4.39 Å². The summed E-state index contributed by atoms with van der Waals surface area (Å²) in [6.45, 7) is 1.87. The zero-order valence-corrected chi connectivity index (χ0v) is 12.0. The predicted molar refractivity (Wildman–Crippen MR) is 78.2 cm³/mol. The highest BCUT2D eigenvalue weighted by atomic mass is 35.5. The van der Waals surface area contributed by atoms with Gasteiger partial charge < -0.3 is 5.73 Å². The number of benzene rings is 2. The number of aryl methyl sites for hydroxylation is 1. The Morgan fingerprint density at radius 2 is 1.84 bits per heavy atom. The lowest BCUT2D eigenvalue weighted by molar-refractivity contribution is 0.624. The standard InChI is InChI=1S/C15H14Cl2FN/c1-9-6-12(18)4-2-10(9)8-15(19)11-3-5-13(16)14(17)7-11/h2-7,15H,8,19H2,1H3. The van der Waals surface area contributed by atoms with E-state index in [1.807, 2.05) is 13.0 Å². The molecule has 2 rings (SSSR count). The molecule has 0 aliphatic heterocycles. The van der Waals surface area contributed by atoms with Gasteiger partial charge in [-0.2, -0.15) is 0 Å². The van der Waals surface area contributed by atoms with Crippen LogP contribution >= 0.6 is 23.2 Å². The van der Waals surface area contributed by atoms with Crippen LogP contribution in [0.5, 0.6) is 0 Å². The summed E-state index contributed by atoms with van der Waals surface area (Å²) in [5.41, 5.74) is 9.00. The van der Waals surface area contributed by atoms with E-state index in [-0.39, 0.29) is 11.9 Å². The smallest absolute Gasteiger partial charge is 0.123 e. The maximum Gasteiger partial charge on any atom is 0.123 e. The highest BCUT2D eigenvalue weighted by Gasteiger charge is 2.11. The Hall–Kier alpha value is -1.09. The van der Waals surface area contributed by atoms with Gasteiger partial charge in [0.2, 0.25) is 0 Å². The Morgan fingerprint density at radius 3 is 2.47 bits per heavy atom. The number of hydrogen-bond donors (Lipinski definition) is 1. The highest BCUT2D eigenvalue weighted by molar-refractivity contribution is 6.42. The molecular formula is C15H14Cl2FN. The van der Waals surface area contributed by atoms with Crippen molar-refractivity contribution in [2.24, 2.45) is 5.73 Å². The van der Waals surface area contributed by atoms with Crippen molar-refractivity contribution in [3.05, 3.63) is 69.0 Å². The number of halogens is 3. The SMILES string of the molecule is Cc1cc(F)ccc1CC(N)c1ccc(Cl)c(Cl)c1. The third kappa shape index (κ3) is 3.47. The summed E-state index contributed by atoms with van der Waals surface area (Å²) >= 11 is 11.8. The molecular weight excluding hydrogens is 284 g/mol. The van der Waals surface area contributed by atoms with Gasteiger partial charge in [0, 0.05) is 6.04 Å². The van der Waals surface area contributed by atoms with Gasteiger partial charge in [0.05, 0.1) is 10.0 Å². The van der Waals surface area contributed by atoms with Crippen molar-refractivity contribution < 1.29 is 4.39 Å². The highest BCUT2D eigenvalue weighted by Crippen LogP contribution is 2.26. The Labute approximate surface area is 122 Å². The lowest BCUT2D eigenvalue weighted by Gasteiger charge is -2.14. The molecule has 2 aromatic rings. The summed E-state index contributed by atoms with van der Waals surface area (Å²) in [7, 11) is 0. The summed E-state index contributed by atoms with van der Waals surface area (Å²) in [5.74, 6) is -0.232. The molecule has 0 saturated carbocycles. The second-order valence-electron chi connectivity index (χ2n) is 4.55. The van der Waals surface area contributed by atoms with Gasteiger partial charge in [-0.15, -0.1) is 0 Å². The number of nitrogens with two attached hydrogens (primary N) is 1. The summed E-state index contributed by atoms with van der Waals surface area (Å²) in [6.07, 6.45) is 0.629. The van der Waals surface area contributed by atoms with E-state index in [2.05, 4.69) is 0 Å². The molecule has 1 nitrogen and oxygen atoms in total. The summed E-state index contributed by atoms with van der Waals surface area (Å²) in [5, 5.41) is 1.00. The van der Waals surface area contributed by atoms with Gasteiger partial charge in [-0.3, -0.25) is 0 Å². The van der Waals surface area contributed by atoms with E-state index < -0.39 is 0 Å². The quantitative estimate of drug-likeness (QED) is 0.874. The van der Waals surface area contributed by atoms with Crippen LogP contribution in [-0.4, -0.2) is 0 Å². The average Bonchev–Trinajstić information content (AvgIpc) is 2.36. The van der Waals surface area contributed by atoms with E-state index in [9.17, 15) is 4.39 Å². The Bertz CT molecular complexity index is 599. The van der Waals surface area contributed by atoms with Crippen molar-refractivity contribution >= 4 is 23.2 Å². The molecule has 0 aromatic heterocycles. The average molecular weight is 298 g/mol. The molecule has 2 N–H and O–H groups in total. The van der Waals surface area contributed by atoms with Gasteiger partial charge >= 0.3 is 0 Å². The topological polar surface area (TPSA) is 26.0 Å². The third-order valence-corrected chi connectivity index (χ3v) is 3.86. The van der Waals surface area contributed by atoms with Gasteiger partial charge in [-0.05, 0) is 54.3 Å². The molecule has 4 heteroatoms. The molecule has 0 radical (unpaired) electrons. The largest absolute Gasteiger partial charge is 0.324 e. The van der Waals surface area contributed by atoms with Crippen molar-refractivity contribution in [2.75, 3.05) is 0 Å². The molecule has 100 valence electrons. The van der Waals surface area contributed by atoms with E-state index in [1.54, 1.807) is 18.2 Å². The van der Waals surface area contributed by atoms with Gasteiger partial charge in [0.15, 0.2) is 0 Å². The molecule has 0 bridgehead atoms. The molecule has 19 heavy (non-hydrogen) atoms. The zero-order chi connectivity index (χ0) is 14.0. The van der Waals surface area contributed by atoms with E-state index in [4.69, 9.17) is 28.9 Å². The minimum absolute atomic E-state index is 0.195. The number of hydrogen-bond acceptors (Lipinski definition) is 1. The minimum Gasteiger partial charge on any atom is -0.324 e. The molecule has 2 aromatic carbocycles. The molecule has 0 aliphatic rings. The summed E-state index contributed by atoms with van der Waals surface area (Å²) in [4.78, 5) is 0. The van der Waals surface area contributed by atoms with Crippen molar-refractivity contribution in [3.63, 3.8) is 0 Å². The summed E-state index contributed by atoms with van der Waals surface area (Å²) in [6, 6.07) is 9.89. The Morgan fingerprint density at radius 1 is 1.11 bits per heavy atom. The molecule has 0 heterocycles. The van der Waals surface area contributed by atoms with Gasteiger partial charge in [0.1, 0.15) is 5.82 Å². The maximum absolute atomic E-state index is 13.0. The second-order valence-corrected chi connectivity index (χ2v) is 5.37. The third-order valence-electron chi connectivity index (χ3n) is 3.12. The van der Waals surface area contributed by atoms with Crippen LogP contribution in [-0.2, 0) is 6.42 Å². The zero-order valence-electron chi connectivity index (χ0n) is 10.5. The van der Waals surface area contributed by atoms with Crippen LogP contribution < -0.4 is 5.73 Å². The van der Waals surface area contributed by atoms with E-state index in [0.29, 0.717) is 16.5 Å². The van der Waals surface area contributed by atoms with E-state index in [0.717, 1.165) is 16.7 Å². The Balaban J connectivity index is 2.20. The molecule has 0 aliphatic carbocycles. The molecule has 0 spiro atoms. The van der Waals surface area contributed by atoms with Crippen molar-refractivity contribution in [1.82, 2.24) is 0 Å². The van der Waals surface area contributed by atoms with E-state index in [1.165, 1.54) is 12.1 Å². The first kappa shape index (κ1) is 14.3. The van der Waals surface area contributed by atoms with Crippen molar-refractivity contribution in [3.8, 4) is 0 Å². The van der Waals surface area contributed by atoms with Crippen LogP contribution in [0.1, 0.15) is 22.7 Å². The monoisotopic (exact) mass is 297 g/mol. The van der Waals surface area contributed by atoms with E-state index >= 15 is 0 Å². The van der Waals surface area contributed by atoms with Crippen LogP contribution in [0.25, 0.3) is 0 Å². The first-order valence-electron chi connectivity index (χ1n) is 5.93. The van der Waals surface area contributed by atoms with Gasteiger partial charge in [0.25, 0.3) is 0 Å². The van der Waals surface area contributed by atoms with Crippen molar-refractivity contribution in [1.29, 1.82) is 0 Å². The Kier molecular flexibility index (Phi) is 4.46. The first-order valence-corrected chi connectivity index (χ1v) is 6.68. The molecule has 0 amide bonds. The first-order chi connectivity index (χ1) is 8.97. The van der Waals surface area contributed by atoms with Crippen LogP contribution in [0.3, 0.4) is 0 Å². The lowest BCUT2D eigenvalue weighted by atomic mass is 9.97. The van der Waals surface area contributed by atoms with Gasteiger partial charge in [-0.1, -0.05) is 35.3 Å². The fourth-order valence-corrected chi connectivity index (χ4v) is 2.29. The second kappa shape index (κ2) is 5.91. The fourth-order valence-electron chi connectivity index (χ4n) is 1.99. The normalized spacial score (nSPS) is 12.5. The fraction of sp³-hybridized carbons (Fsp3) is 0.200. The van der Waals surface area contributed by atoms with Crippen LogP contribution in [0.15, 0.2) is 36.4 Å². The molecule has 0 saturated heterocycles. The molecule has 0 fully saturated rings. The predicted octanol–water partition coefficient (Wildman–Crippen LogP) is 4.68. The minimum atomic E-state index is -0.232. The lowest BCUT2D eigenvalue weighted by Crippen LogP contribution is -2.14. The van der Waals surface area contributed by atoms with Gasteiger partial charge in [-0.25, -0.2) is 4.39 Å². The molecule has 1 unspecified atom stereocenters. The van der Waals surface area contributed by atoms with Crippen molar-refractivity contribution in [2.45, 2.75) is 19.4 Å². The summed E-state index contributed by atoms with van der Waals surface area (Å²) < 4.78 is 13.0. The maximum atomic E-state index is 13.0. The van der Waals surface area contributed by atoms with Crippen LogP contribution in [0, 0.1) is 12.7 Å². The van der Waals surface area contributed by atoms with Crippen LogP contribution in [0.2, 0.25) is 10.0 Å².